The van der Waals surface area contributed by atoms with Crippen LogP contribution in [0, 0.1) is 12.7 Å². The van der Waals surface area contributed by atoms with E-state index < -0.39 is 0 Å². The van der Waals surface area contributed by atoms with E-state index in [0.717, 1.165) is 22.4 Å². The molecule has 0 aliphatic carbocycles. The quantitative estimate of drug-likeness (QED) is 0.478. The lowest BCUT2D eigenvalue weighted by molar-refractivity contribution is 0.416. The second-order valence-corrected chi connectivity index (χ2v) is 7.22. The number of nitrogens with one attached hydrogen (secondary N) is 1. The third-order valence-electron chi connectivity index (χ3n) is 5.28. The van der Waals surface area contributed by atoms with Crippen molar-refractivity contribution >= 4 is 5.65 Å². The molecule has 5 aromatic rings. The number of rotatable bonds is 2. The molecular weight excluding hydrogens is 387 g/mol. The van der Waals surface area contributed by atoms with Crippen molar-refractivity contribution in [2.75, 3.05) is 0 Å². The second-order valence-electron chi connectivity index (χ2n) is 7.22. The van der Waals surface area contributed by atoms with Crippen molar-refractivity contribution in [2.24, 2.45) is 7.05 Å². The van der Waals surface area contributed by atoms with E-state index in [-0.39, 0.29) is 11.7 Å². The Hall–Kier alpha value is -4.08. The van der Waals surface area contributed by atoms with Crippen LogP contribution in [-0.4, -0.2) is 39.6 Å². The van der Waals surface area contributed by atoms with Crippen molar-refractivity contribution in [2.45, 2.75) is 12.8 Å². The standard InChI is InChI=1S/C20H15FN8O/c1-10-14-15(12-7-23-28(2)8-12)16-18-24-17(11-3-5-13(21)6-4-11)27-29(18)9-22-19(16)30-20(14)26-25-10/h3-9,15H,1-2H3,(H,25,26)/t15-/m0/s1. The van der Waals surface area contributed by atoms with Gasteiger partial charge in [-0.3, -0.25) is 9.78 Å². The zero-order chi connectivity index (χ0) is 20.4. The normalized spacial score (nSPS) is 15.1. The molecule has 5 heterocycles. The molecule has 1 aliphatic rings. The van der Waals surface area contributed by atoms with Crippen LogP contribution in [-0.2, 0) is 7.05 Å². The van der Waals surface area contributed by atoms with Gasteiger partial charge in [0.05, 0.1) is 17.7 Å². The molecule has 0 unspecified atom stereocenters. The van der Waals surface area contributed by atoms with Gasteiger partial charge in [0.15, 0.2) is 11.5 Å². The average molecular weight is 402 g/mol. The summed E-state index contributed by atoms with van der Waals surface area (Å²) in [5.74, 6) is 0.856. The third-order valence-corrected chi connectivity index (χ3v) is 5.28. The Bertz CT molecular complexity index is 1410. The summed E-state index contributed by atoms with van der Waals surface area (Å²) in [5.41, 5.74) is 4.88. The molecule has 148 valence electrons. The molecule has 1 atom stereocenters. The summed E-state index contributed by atoms with van der Waals surface area (Å²) >= 11 is 0. The van der Waals surface area contributed by atoms with Gasteiger partial charge >= 0.3 is 0 Å². The van der Waals surface area contributed by atoms with E-state index in [4.69, 9.17) is 9.72 Å². The highest BCUT2D eigenvalue weighted by atomic mass is 19.1. The fourth-order valence-corrected chi connectivity index (χ4v) is 3.91. The number of benzene rings is 1. The van der Waals surface area contributed by atoms with Gasteiger partial charge in [0.1, 0.15) is 12.1 Å². The Morgan fingerprint density at radius 1 is 1.13 bits per heavy atom. The smallest absolute Gasteiger partial charge is 0.244 e. The van der Waals surface area contributed by atoms with Gasteiger partial charge in [-0.25, -0.2) is 18.9 Å². The molecule has 0 radical (unpaired) electrons. The number of ether oxygens (including phenoxy) is 1. The first-order valence-corrected chi connectivity index (χ1v) is 9.31. The van der Waals surface area contributed by atoms with Gasteiger partial charge < -0.3 is 4.74 Å². The number of halogens is 1. The average Bonchev–Trinajstić information content (AvgIpc) is 3.45. The van der Waals surface area contributed by atoms with Crippen molar-refractivity contribution in [1.29, 1.82) is 0 Å². The van der Waals surface area contributed by atoms with Crippen LogP contribution in [0.3, 0.4) is 0 Å². The lowest BCUT2D eigenvalue weighted by Crippen LogP contribution is -2.14. The minimum absolute atomic E-state index is 0.224. The summed E-state index contributed by atoms with van der Waals surface area (Å²) in [6.45, 7) is 1.95. The number of H-pyrrole nitrogens is 1. The van der Waals surface area contributed by atoms with Crippen molar-refractivity contribution in [3.05, 3.63) is 71.2 Å². The maximum absolute atomic E-state index is 13.3. The van der Waals surface area contributed by atoms with Gasteiger partial charge in [-0.15, -0.1) is 10.2 Å². The first-order chi connectivity index (χ1) is 14.6. The molecule has 0 fully saturated rings. The van der Waals surface area contributed by atoms with Crippen molar-refractivity contribution in [3.8, 4) is 23.1 Å². The van der Waals surface area contributed by atoms with Gasteiger partial charge in [0.25, 0.3) is 0 Å². The Kier molecular flexibility index (Phi) is 3.34. The molecule has 0 amide bonds. The van der Waals surface area contributed by atoms with E-state index in [9.17, 15) is 4.39 Å². The van der Waals surface area contributed by atoms with Crippen molar-refractivity contribution in [1.82, 2.24) is 39.6 Å². The van der Waals surface area contributed by atoms with E-state index in [1.165, 1.54) is 12.1 Å². The molecule has 1 aliphatic heterocycles. The molecule has 6 rings (SSSR count). The van der Waals surface area contributed by atoms with E-state index >= 15 is 0 Å². The topological polar surface area (TPSA) is 98.8 Å². The summed E-state index contributed by atoms with van der Waals surface area (Å²) in [4.78, 5) is 9.20. The second kappa shape index (κ2) is 5.96. The van der Waals surface area contributed by atoms with Crippen LogP contribution in [0.25, 0.3) is 17.0 Å². The van der Waals surface area contributed by atoms with E-state index in [2.05, 4.69) is 25.4 Å². The van der Waals surface area contributed by atoms with Crippen molar-refractivity contribution in [3.63, 3.8) is 0 Å². The van der Waals surface area contributed by atoms with Crippen LogP contribution in [0.5, 0.6) is 11.8 Å². The highest BCUT2D eigenvalue weighted by Gasteiger charge is 2.37. The largest absolute Gasteiger partial charge is 0.418 e. The molecule has 0 saturated heterocycles. The lowest BCUT2D eigenvalue weighted by Gasteiger charge is -2.24. The van der Waals surface area contributed by atoms with E-state index in [1.54, 1.807) is 27.7 Å². The maximum Gasteiger partial charge on any atom is 0.244 e. The molecule has 30 heavy (non-hydrogen) atoms. The molecule has 9 nitrogen and oxygen atoms in total. The Morgan fingerprint density at radius 3 is 2.73 bits per heavy atom. The van der Waals surface area contributed by atoms with Gasteiger partial charge in [-0.1, -0.05) is 0 Å². The van der Waals surface area contributed by atoms with Gasteiger partial charge in [-0.2, -0.15) is 5.10 Å². The molecule has 0 saturated carbocycles. The number of aromatic amines is 1. The minimum atomic E-state index is -0.311. The first-order valence-electron chi connectivity index (χ1n) is 9.31. The molecule has 4 aromatic heterocycles. The van der Waals surface area contributed by atoms with Crippen LogP contribution in [0.2, 0.25) is 0 Å². The van der Waals surface area contributed by atoms with E-state index in [1.807, 2.05) is 26.4 Å². The molecule has 0 spiro atoms. The third kappa shape index (κ3) is 2.36. The summed E-state index contributed by atoms with van der Waals surface area (Å²) in [6, 6.07) is 6.07. The highest BCUT2D eigenvalue weighted by Crippen LogP contribution is 2.48. The molecule has 0 bridgehead atoms. The number of fused-ring (bicyclic) bond motifs is 4. The summed E-state index contributed by atoms with van der Waals surface area (Å²) in [6.07, 6.45) is 5.33. The molecule has 1 aromatic carbocycles. The van der Waals surface area contributed by atoms with Crippen LogP contribution < -0.4 is 4.74 Å². The SMILES string of the molecule is Cc1[nH]nc2c1[C@H](c1cnn(C)c1)c1c(ncn3nc(-c4ccc(F)cc4)nc13)O2. The van der Waals surface area contributed by atoms with Gasteiger partial charge in [0.2, 0.25) is 11.8 Å². The highest BCUT2D eigenvalue weighted by molar-refractivity contribution is 5.67. The summed E-state index contributed by atoms with van der Waals surface area (Å²) in [7, 11) is 1.87. The maximum atomic E-state index is 13.3. The van der Waals surface area contributed by atoms with E-state index in [0.29, 0.717) is 28.8 Å². The zero-order valence-electron chi connectivity index (χ0n) is 16.0. The number of hydrogen-bond donors (Lipinski definition) is 1. The number of nitrogens with zero attached hydrogens (tertiary/aromatic N) is 7. The Morgan fingerprint density at radius 2 is 1.97 bits per heavy atom. The number of aryl methyl sites for hydroxylation is 2. The fourth-order valence-electron chi connectivity index (χ4n) is 3.91. The Labute approximate surface area is 169 Å². The predicted octanol–water partition coefficient (Wildman–Crippen LogP) is 2.98. The molecular formula is C20H15FN8O. The van der Waals surface area contributed by atoms with Crippen LogP contribution in [0.4, 0.5) is 4.39 Å². The summed E-state index contributed by atoms with van der Waals surface area (Å²) < 4.78 is 22.7. The van der Waals surface area contributed by atoms with Crippen LogP contribution in [0.15, 0.2) is 43.0 Å². The number of aromatic nitrogens is 8. The summed E-state index contributed by atoms with van der Waals surface area (Å²) in [5, 5.41) is 16.2. The monoisotopic (exact) mass is 402 g/mol. The predicted molar refractivity (Wildman–Crippen MR) is 104 cm³/mol. The van der Waals surface area contributed by atoms with Gasteiger partial charge in [-0.05, 0) is 31.2 Å². The Balaban J connectivity index is 1.61. The minimum Gasteiger partial charge on any atom is -0.418 e. The first kappa shape index (κ1) is 16.8. The zero-order valence-corrected chi connectivity index (χ0v) is 16.0. The fraction of sp³-hybridized carbons (Fsp3) is 0.150. The molecule has 1 N–H and O–H groups in total. The van der Waals surface area contributed by atoms with Crippen LogP contribution in [0.1, 0.15) is 28.3 Å². The number of hydrogen-bond acceptors (Lipinski definition) is 6. The van der Waals surface area contributed by atoms with Crippen molar-refractivity contribution < 1.29 is 9.13 Å². The van der Waals surface area contributed by atoms with Crippen LogP contribution >= 0.6 is 0 Å². The lowest BCUT2D eigenvalue weighted by atomic mass is 9.86. The van der Waals surface area contributed by atoms with Gasteiger partial charge in [0, 0.05) is 35.6 Å². The molecule has 10 heteroatoms.